The van der Waals surface area contributed by atoms with Crippen LogP contribution in [0.25, 0.3) is 0 Å². The third-order valence-electron chi connectivity index (χ3n) is 4.01. The van der Waals surface area contributed by atoms with Crippen LogP contribution in [0.15, 0.2) is 0 Å². The van der Waals surface area contributed by atoms with Gasteiger partial charge in [-0.25, -0.2) is 4.79 Å². The van der Waals surface area contributed by atoms with Crippen molar-refractivity contribution in [3.63, 3.8) is 0 Å². The van der Waals surface area contributed by atoms with Gasteiger partial charge in [0, 0.05) is 37.2 Å². The molecule has 0 aliphatic carbocycles. The maximum Gasteiger partial charge on any atom is 0.410 e. The van der Waals surface area contributed by atoms with Gasteiger partial charge in [-0.3, -0.25) is 9.69 Å². The Morgan fingerprint density at radius 1 is 1.36 bits per heavy atom. The molecule has 2 heterocycles. The Hall–Kier alpha value is -0.950. The number of carbonyl (C=O) groups is 2. The number of ether oxygens (including phenoxy) is 1. The van der Waals surface area contributed by atoms with E-state index in [1.54, 1.807) is 4.90 Å². The van der Waals surface area contributed by atoms with Gasteiger partial charge in [-0.15, -0.1) is 0 Å². The van der Waals surface area contributed by atoms with Gasteiger partial charge in [0.1, 0.15) is 5.60 Å². The zero-order valence-electron chi connectivity index (χ0n) is 13.8. The smallest absolute Gasteiger partial charge is 0.410 e. The van der Waals surface area contributed by atoms with Crippen LogP contribution in [-0.4, -0.2) is 75.3 Å². The summed E-state index contributed by atoms with van der Waals surface area (Å²) in [6, 6.07) is 0. The second kappa shape index (κ2) is 6.28. The first-order chi connectivity index (χ1) is 10.1. The zero-order chi connectivity index (χ0) is 16.5. The topological polar surface area (TPSA) is 70.1 Å². The number of aliphatic carboxylic acids is 1. The predicted molar refractivity (Wildman–Crippen MR) is 86.3 cm³/mol. The monoisotopic (exact) mass is 330 g/mol. The third-order valence-corrected chi connectivity index (χ3v) is 5.15. The Morgan fingerprint density at radius 2 is 2.00 bits per heavy atom. The first-order valence-electron chi connectivity index (χ1n) is 7.68. The molecule has 2 fully saturated rings. The molecule has 0 saturated carbocycles. The summed E-state index contributed by atoms with van der Waals surface area (Å²) in [4.78, 5) is 27.2. The minimum atomic E-state index is -0.810. The van der Waals surface area contributed by atoms with E-state index in [0.29, 0.717) is 18.3 Å². The lowest BCUT2D eigenvalue weighted by Crippen LogP contribution is -2.73. The highest BCUT2D eigenvalue weighted by Gasteiger charge is 2.52. The molecule has 126 valence electrons. The quantitative estimate of drug-likeness (QED) is 0.852. The van der Waals surface area contributed by atoms with Gasteiger partial charge in [0.15, 0.2) is 0 Å². The molecule has 2 saturated heterocycles. The Balaban J connectivity index is 2.02. The van der Waals surface area contributed by atoms with E-state index in [1.807, 2.05) is 32.5 Å². The fourth-order valence-corrected chi connectivity index (χ4v) is 4.09. The molecule has 0 aromatic heterocycles. The maximum absolute atomic E-state index is 12.1. The first kappa shape index (κ1) is 17.4. The molecular weight excluding hydrogens is 304 g/mol. The van der Waals surface area contributed by atoms with Crippen molar-refractivity contribution in [2.75, 3.05) is 31.9 Å². The zero-order valence-corrected chi connectivity index (χ0v) is 14.6. The Morgan fingerprint density at radius 3 is 2.50 bits per heavy atom. The molecule has 1 unspecified atom stereocenters. The SMILES string of the molecule is CC1CN(C2(CC(=O)O)CN(C(=O)OC(C)(C)C)C2)CCS1. The van der Waals surface area contributed by atoms with E-state index < -0.39 is 17.1 Å². The number of nitrogens with zero attached hydrogens (tertiary/aromatic N) is 2. The summed E-state index contributed by atoms with van der Waals surface area (Å²) >= 11 is 1.91. The summed E-state index contributed by atoms with van der Waals surface area (Å²) < 4.78 is 5.37. The molecule has 0 bridgehead atoms. The van der Waals surface area contributed by atoms with Crippen LogP contribution >= 0.6 is 11.8 Å². The number of carbonyl (C=O) groups excluding carboxylic acids is 1. The fraction of sp³-hybridized carbons (Fsp3) is 0.867. The largest absolute Gasteiger partial charge is 0.481 e. The van der Waals surface area contributed by atoms with Gasteiger partial charge in [0.25, 0.3) is 0 Å². The summed E-state index contributed by atoms with van der Waals surface area (Å²) in [5, 5.41) is 9.75. The van der Waals surface area contributed by atoms with E-state index in [4.69, 9.17) is 4.74 Å². The summed E-state index contributed by atoms with van der Waals surface area (Å²) in [5.74, 6) is 0.198. The van der Waals surface area contributed by atoms with Crippen LogP contribution in [-0.2, 0) is 9.53 Å². The highest BCUT2D eigenvalue weighted by molar-refractivity contribution is 7.99. The molecule has 22 heavy (non-hydrogen) atoms. The lowest BCUT2D eigenvalue weighted by molar-refractivity contribution is -0.145. The standard InChI is InChI=1S/C15H26N2O4S/c1-11-8-17(5-6-22-11)15(7-12(18)19)9-16(10-15)13(20)21-14(2,3)4/h11H,5-10H2,1-4H3,(H,18,19). The number of hydrogen-bond donors (Lipinski definition) is 1. The molecule has 0 radical (unpaired) electrons. The number of likely N-dealkylation sites (tertiary alicyclic amines) is 1. The Kier molecular flexibility index (Phi) is 4.96. The summed E-state index contributed by atoms with van der Waals surface area (Å²) in [5.41, 5.74) is -0.962. The van der Waals surface area contributed by atoms with Gasteiger partial charge in [-0.2, -0.15) is 11.8 Å². The van der Waals surface area contributed by atoms with Gasteiger partial charge in [-0.05, 0) is 20.8 Å². The number of carboxylic acids is 1. The highest BCUT2D eigenvalue weighted by Crippen LogP contribution is 2.35. The van der Waals surface area contributed by atoms with Crippen molar-refractivity contribution in [3.05, 3.63) is 0 Å². The molecule has 0 spiro atoms. The van der Waals surface area contributed by atoms with Crippen molar-refractivity contribution >= 4 is 23.8 Å². The van der Waals surface area contributed by atoms with Gasteiger partial charge in [0.2, 0.25) is 0 Å². The van der Waals surface area contributed by atoms with Gasteiger partial charge in [-0.1, -0.05) is 6.92 Å². The first-order valence-corrected chi connectivity index (χ1v) is 8.73. The van der Waals surface area contributed by atoms with Gasteiger partial charge in [0.05, 0.1) is 12.0 Å². The molecule has 1 N–H and O–H groups in total. The predicted octanol–water partition coefficient (Wildman–Crippen LogP) is 1.89. The van der Waals surface area contributed by atoms with Crippen molar-refractivity contribution in [3.8, 4) is 0 Å². The lowest BCUT2D eigenvalue weighted by Gasteiger charge is -2.56. The minimum absolute atomic E-state index is 0.0731. The van der Waals surface area contributed by atoms with Crippen LogP contribution < -0.4 is 0 Å². The van der Waals surface area contributed by atoms with Crippen LogP contribution in [0.2, 0.25) is 0 Å². The number of thioether (sulfide) groups is 1. The molecule has 1 amide bonds. The van der Waals surface area contributed by atoms with Crippen LogP contribution in [0.1, 0.15) is 34.1 Å². The second-order valence-corrected chi connectivity index (χ2v) is 8.81. The van der Waals surface area contributed by atoms with E-state index in [-0.39, 0.29) is 12.5 Å². The van der Waals surface area contributed by atoms with Crippen molar-refractivity contribution in [2.45, 2.75) is 50.5 Å². The van der Waals surface area contributed by atoms with Crippen LogP contribution in [0.3, 0.4) is 0 Å². The normalized spacial score (nSPS) is 25.5. The molecule has 2 aliphatic heterocycles. The number of hydrogen-bond acceptors (Lipinski definition) is 5. The maximum atomic E-state index is 12.1. The second-order valence-electron chi connectivity index (χ2n) is 7.26. The summed E-state index contributed by atoms with van der Waals surface area (Å²) in [6.07, 6.45) is -0.281. The molecule has 1 atom stereocenters. The fourth-order valence-electron chi connectivity index (χ4n) is 3.07. The summed E-state index contributed by atoms with van der Waals surface area (Å²) in [7, 11) is 0. The molecule has 2 aliphatic rings. The number of carboxylic acid groups (broad SMARTS) is 1. The molecule has 6 nitrogen and oxygen atoms in total. The number of rotatable bonds is 3. The Labute approximate surface area is 136 Å². The van der Waals surface area contributed by atoms with Crippen LogP contribution in [0.4, 0.5) is 4.79 Å². The molecule has 2 rings (SSSR count). The third kappa shape index (κ3) is 4.07. The van der Waals surface area contributed by atoms with Gasteiger partial charge < -0.3 is 14.7 Å². The molecular formula is C15H26N2O4S. The summed E-state index contributed by atoms with van der Waals surface area (Å²) in [6.45, 7) is 10.3. The van der Waals surface area contributed by atoms with E-state index in [2.05, 4.69) is 11.8 Å². The highest BCUT2D eigenvalue weighted by atomic mass is 32.2. The van der Waals surface area contributed by atoms with Crippen molar-refractivity contribution in [1.29, 1.82) is 0 Å². The van der Waals surface area contributed by atoms with Crippen molar-refractivity contribution < 1.29 is 19.4 Å². The van der Waals surface area contributed by atoms with Crippen LogP contribution in [0, 0.1) is 0 Å². The van der Waals surface area contributed by atoms with E-state index in [1.165, 1.54) is 0 Å². The van der Waals surface area contributed by atoms with Crippen molar-refractivity contribution in [2.24, 2.45) is 0 Å². The Bertz CT molecular complexity index is 443. The van der Waals surface area contributed by atoms with E-state index >= 15 is 0 Å². The van der Waals surface area contributed by atoms with E-state index in [9.17, 15) is 14.7 Å². The minimum Gasteiger partial charge on any atom is -0.481 e. The molecule has 0 aromatic carbocycles. The lowest BCUT2D eigenvalue weighted by atomic mass is 9.84. The van der Waals surface area contributed by atoms with Crippen molar-refractivity contribution in [1.82, 2.24) is 9.80 Å². The van der Waals surface area contributed by atoms with Gasteiger partial charge >= 0.3 is 12.1 Å². The molecule has 0 aromatic rings. The number of amides is 1. The van der Waals surface area contributed by atoms with E-state index in [0.717, 1.165) is 18.8 Å². The average Bonchev–Trinajstić information content (AvgIpc) is 2.30. The van der Waals surface area contributed by atoms with Crippen LogP contribution in [0.5, 0.6) is 0 Å². The molecule has 7 heteroatoms. The average molecular weight is 330 g/mol.